The average molecular weight is 298 g/mol. The molecule has 0 spiro atoms. The summed E-state index contributed by atoms with van der Waals surface area (Å²) in [6, 6.07) is 26.1. The Kier molecular flexibility index (Phi) is 3.38. The van der Waals surface area contributed by atoms with Crippen molar-refractivity contribution in [3.05, 3.63) is 78.9 Å². The summed E-state index contributed by atoms with van der Waals surface area (Å²) in [5.74, 6) is 0. The first-order valence-electron chi connectivity index (χ1n) is 7.61. The minimum atomic E-state index is -1.48. The standard InChI is InChI=1S/C20H15BO2/c22-21(23)20-12-6-11-17-15-9-4-5-10-16(15)18(13-19(17)20)14-7-2-1-3-8-14/h1-13,22-23H. The molecule has 4 rings (SSSR count). The first-order valence-corrected chi connectivity index (χ1v) is 7.61. The predicted molar refractivity (Wildman–Crippen MR) is 96.7 cm³/mol. The molecular weight excluding hydrogens is 283 g/mol. The zero-order chi connectivity index (χ0) is 15.8. The Morgan fingerprint density at radius 1 is 0.565 bits per heavy atom. The van der Waals surface area contributed by atoms with Crippen LogP contribution in [0, 0.1) is 0 Å². The van der Waals surface area contributed by atoms with Gasteiger partial charge < -0.3 is 10.0 Å². The van der Waals surface area contributed by atoms with E-state index >= 15 is 0 Å². The second-order valence-electron chi connectivity index (χ2n) is 5.65. The first kappa shape index (κ1) is 14.0. The fraction of sp³-hybridized carbons (Fsp3) is 0. The summed E-state index contributed by atoms with van der Waals surface area (Å²) < 4.78 is 0. The number of hydrogen-bond acceptors (Lipinski definition) is 2. The molecule has 23 heavy (non-hydrogen) atoms. The molecule has 110 valence electrons. The van der Waals surface area contributed by atoms with Crippen LogP contribution in [0.15, 0.2) is 78.9 Å². The van der Waals surface area contributed by atoms with Gasteiger partial charge in [-0.1, -0.05) is 72.8 Å². The Morgan fingerprint density at radius 3 is 1.91 bits per heavy atom. The topological polar surface area (TPSA) is 40.5 Å². The first-order chi connectivity index (χ1) is 11.3. The summed E-state index contributed by atoms with van der Waals surface area (Å²) in [7, 11) is -1.48. The lowest BCUT2D eigenvalue weighted by Gasteiger charge is -2.13. The van der Waals surface area contributed by atoms with Crippen LogP contribution >= 0.6 is 0 Å². The van der Waals surface area contributed by atoms with Gasteiger partial charge in [0, 0.05) is 0 Å². The van der Waals surface area contributed by atoms with Gasteiger partial charge in [0.15, 0.2) is 0 Å². The van der Waals surface area contributed by atoms with E-state index in [0.717, 1.165) is 32.7 Å². The van der Waals surface area contributed by atoms with Crippen molar-refractivity contribution >= 4 is 34.1 Å². The maximum atomic E-state index is 9.71. The average Bonchev–Trinajstić information content (AvgIpc) is 2.61. The molecule has 0 unspecified atom stereocenters. The lowest BCUT2D eigenvalue weighted by atomic mass is 9.76. The van der Waals surface area contributed by atoms with E-state index in [1.807, 2.05) is 42.5 Å². The number of fused-ring (bicyclic) bond motifs is 3. The molecule has 0 aromatic heterocycles. The van der Waals surface area contributed by atoms with Crippen molar-refractivity contribution in [3.8, 4) is 11.1 Å². The van der Waals surface area contributed by atoms with Crippen molar-refractivity contribution < 1.29 is 10.0 Å². The maximum absolute atomic E-state index is 9.71. The van der Waals surface area contributed by atoms with Gasteiger partial charge in [0.25, 0.3) is 0 Å². The quantitative estimate of drug-likeness (QED) is 0.440. The van der Waals surface area contributed by atoms with Crippen LogP contribution in [0.4, 0.5) is 0 Å². The van der Waals surface area contributed by atoms with Gasteiger partial charge in [0.2, 0.25) is 0 Å². The second kappa shape index (κ2) is 5.54. The SMILES string of the molecule is OB(O)c1cccc2c1cc(-c1ccccc1)c1ccccc12. The molecule has 3 heteroatoms. The highest BCUT2D eigenvalue weighted by atomic mass is 16.4. The van der Waals surface area contributed by atoms with E-state index in [4.69, 9.17) is 0 Å². The van der Waals surface area contributed by atoms with Crippen molar-refractivity contribution in [3.63, 3.8) is 0 Å². The molecule has 0 bridgehead atoms. The number of hydrogen-bond donors (Lipinski definition) is 2. The van der Waals surface area contributed by atoms with Crippen LogP contribution in [0.25, 0.3) is 32.7 Å². The third-order valence-electron chi connectivity index (χ3n) is 4.30. The van der Waals surface area contributed by atoms with Gasteiger partial charge in [-0.2, -0.15) is 0 Å². The lowest BCUT2D eigenvalue weighted by molar-refractivity contribution is 0.426. The van der Waals surface area contributed by atoms with Gasteiger partial charge in [-0.15, -0.1) is 0 Å². The fourth-order valence-corrected chi connectivity index (χ4v) is 3.24. The summed E-state index contributed by atoms with van der Waals surface area (Å²) in [6.45, 7) is 0. The smallest absolute Gasteiger partial charge is 0.423 e. The van der Waals surface area contributed by atoms with E-state index in [9.17, 15) is 10.0 Å². The highest BCUT2D eigenvalue weighted by Crippen LogP contribution is 2.34. The van der Waals surface area contributed by atoms with Crippen molar-refractivity contribution in [2.75, 3.05) is 0 Å². The van der Waals surface area contributed by atoms with E-state index in [2.05, 4.69) is 30.3 Å². The molecule has 2 nitrogen and oxygen atoms in total. The van der Waals surface area contributed by atoms with Gasteiger partial charge >= 0.3 is 7.12 Å². The van der Waals surface area contributed by atoms with Crippen LogP contribution < -0.4 is 5.46 Å². The molecule has 2 N–H and O–H groups in total. The van der Waals surface area contributed by atoms with Crippen LogP contribution in [-0.4, -0.2) is 17.2 Å². The largest absolute Gasteiger partial charge is 0.489 e. The van der Waals surface area contributed by atoms with Gasteiger partial charge in [0.05, 0.1) is 0 Å². The van der Waals surface area contributed by atoms with Crippen molar-refractivity contribution in [1.82, 2.24) is 0 Å². The number of benzene rings is 4. The minimum Gasteiger partial charge on any atom is -0.423 e. The van der Waals surface area contributed by atoms with Gasteiger partial charge in [0.1, 0.15) is 0 Å². The predicted octanol–water partition coefficient (Wildman–Crippen LogP) is 3.34. The molecule has 4 aromatic rings. The summed E-state index contributed by atoms with van der Waals surface area (Å²) in [6.07, 6.45) is 0. The van der Waals surface area contributed by atoms with Gasteiger partial charge in [-0.05, 0) is 44.2 Å². The van der Waals surface area contributed by atoms with E-state index in [-0.39, 0.29) is 0 Å². The minimum absolute atomic E-state index is 0.533. The Balaban J connectivity index is 2.18. The monoisotopic (exact) mass is 298 g/mol. The Morgan fingerprint density at radius 2 is 1.17 bits per heavy atom. The molecule has 0 saturated carbocycles. The van der Waals surface area contributed by atoms with E-state index < -0.39 is 7.12 Å². The molecule has 0 saturated heterocycles. The van der Waals surface area contributed by atoms with E-state index in [1.165, 1.54) is 0 Å². The molecule has 0 aliphatic rings. The summed E-state index contributed by atoms with van der Waals surface area (Å²) in [5, 5.41) is 23.6. The molecule has 0 fully saturated rings. The molecule has 0 heterocycles. The maximum Gasteiger partial charge on any atom is 0.489 e. The lowest BCUT2D eigenvalue weighted by Crippen LogP contribution is -2.30. The van der Waals surface area contributed by atoms with Gasteiger partial charge in [-0.3, -0.25) is 0 Å². The van der Waals surface area contributed by atoms with Gasteiger partial charge in [-0.25, -0.2) is 0 Å². The highest BCUT2D eigenvalue weighted by molar-refractivity contribution is 6.62. The summed E-state index contributed by atoms with van der Waals surface area (Å²) in [4.78, 5) is 0. The molecule has 0 aliphatic carbocycles. The molecule has 0 aliphatic heterocycles. The summed E-state index contributed by atoms with van der Waals surface area (Å²) >= 11 is 0. The molecule has 0 atom stereocenters. The van der Waals surface area contributed by atoms with Crippen LogP contribution in [0.1, 0.15) is 0 Å². The Labute approximate surface area is 134 Å². The molecule has 0 amide bonds. The summed E-state index contributed by atoms with van der Waals surface area (Å²) in [5.41, 5.74) is 2.75. The molecular formula is C20H15BO2. The zero-order valence-corrected chi connectivity index (χ0v) is 12.5. The molecule has 4 aromatic carbocycles. The Bertz CT molecular complexity index is 994. The van der Waals surface area contributed by atoms with E-state index in [1.54, 1.807) is 6.07 Å². The number of rotatable bonds is 2. The Hall–Kier alpha value is -2.62. The van der Waals surface area contributed by atoms with Crippen LogP contribution in [-0.2, 0) is 0 Å². The van der Waals surface area contributed by atoms with Crippen molar-refractivity contribution in [2.45, 2.75) is 0 Å². The zero-order valence-electron chi connectivity index (χ0n) is 12.5. The highest BCUT2D eigenvalue weighted by Gasteiger charge is 2.17. The van der Waals surface area contributed by atoms with E-state index in [0.29, 0.717) is 5.46 Å². The third-order valence-corrected chi connectivity index (χ3v) is 4.30. The molecule has 0 radical (unpaired) electrons. The third kappa shape index (κ3) is 2.31. The normalized spacial score (nSPS) is 11.0. The van der Waals surface area contributed by atoms with Crippen molar-refractivity contribution in [1.29, 1.82) is 0 Å². The van der Waals surface area contributed by atoms with Crippen LogP contribution in [0.3, 0.4) is 0 Å². The second-order valence-corrected chi connectivity index (χ2v) is 5.65. The van der Waals surface area contributed by atoms with Crippen LogP contribution in [0.5, 0.6) is 0 Å². The fourth-order valence-electron chi connectivity index (χ4n) is 3.24. The van der Waals surface area contributed by atoms with Crippen molar-refractivity contribution in [2.24, 2.45) is 0 Å². The van der Waals surface area contributed by atoms with Crippen LogP contribution in [0.2, 0.25) is 0 Å².